The molecule has 0 aliphatic heterocycles. The summed E-state index contributed by atoms with van der Waals surface area (Å²) in [4.78, 5) is 25.7. The summed E-state index contributed by atoms with van der Waals surface area (Å²) in [6, 6.07) is 2.76. The molecule has 1 rings (SSSR count). The number of ether oxygens (including phenoxy) is 1. The molecule has 0 bridgehead atoms. The molecule has 0 spiro atoms. The summed E-state index contributed by atoms with van der Waals surface area (Å²) in [7, 11) is 1.28. The minimum atomic E-state index is -0.779. The van der Waals surface area contributed by atoms with E-state index in [0.717, 1.165) is 5.56 Å². The van der Waals surface area contributed by atoms with Crippen molar-refractivity contribution in [1.29, 1.82) is 5.26 Å². The highest BCUT2D eigenvalue weighted by atomic mass is 16.5. The van der Waals surface area contributed by atoms with Gasteiger partial charge in [-0.05, 0) is 11.5 Å². The lowest BCUT2D eigenvalue weighted by Gasteiger charge is -2.37. The van der Waals surface area contributed by atoms with E-state index < -0.39 is 23.3 Å². The van der Waals surface area contributed by atoms with Gasteiger partial charge in [-0.2, -0.15) is 5.26 Å². The predicted octanol–water partition coefficient (Wildman–Crippen LogP) is 2.11. The van der Waals surface area contributed by atoms with Crippen molar-refractivity contribution < 1.29 is 18.7 Å². The predicted molar refractivity (Wildman–Crippen MR) is 74.7 cm³/mol. The van der Waals surface area contributed by atoms with Gasteiger partial charge in [-0.1, -0.05) is 20.8 Å². The van der Waals surface area contributed by atoms with Gasteiger partial charge >= 0.3 is 5.97 Å². The van der Waals surface area contributed by atoms with Crippen molar-refractivity contribution in [2.45, 2.75) is 39.8 Å². The Balaban J connectivity index is 3.15. The van der Waals surface area contributed by atoms with Gasteiger partial charge in [-0.25, -0.2) is 4.79 Å². The van der Waals surface area contributed by atoms with Crippen LogP contribution in [0.3, 0.4) is 0 Å². The Bertz CT molecular complexity index is 523. The van der Waals surface area contributed by atoms with E-state index in [1.54, 1.807) is 6.07 Å². The zero-order chi connectivity index (χ0) is 16.0. The summed E-state index contributed by atoms with van der Waals surface area (Å²) < 4.78 is 9.82. The summed E-state index contributed by atoms with van der Waals surface area (Å²) in [6.45, 7) is 5.72. The number of esters is 1. The molecule has 0 aliphatic rings. The van der Waals surface area contributed by atoms with Crippen molar-refractivity contribution in [2.24, 2.45) is 5.41 Å². The van der Waals surface area contributed by atoms with Crippen LogP contribution in [0.15, 0.2) is 23.0 Å². The highest BCUT2D eigenvalue weighted by molar-refractivity contribution is 5.86. The number of rotatable bonds is 5. The zero-order valence-electron chi connectivity index (χ0n) is 12.8. The molecule has 1 aromatic rings. The highest BCUT2D eigenvalue weighted by Gasteiger charge is 2.39. The topological polar surface area (TPSA) is 83.5 Å². The Morgan fingerprint density at radius 3 is 2.57 bits per heavy atom. The van der Waals surface area contributed by atoms with E-state index in [-0.39, 0.29) is 13.0 Å². The third kappa shape index (κ3) is 4.35. The van der Waals surface area contributed by atoms with E-state index in [2.05, 4.69) is 0 Å². The summed E-state index contributed by atoms with van der Waals surface area (Å²) in [5.74, 6) is -0.915. The van der Waals surface area contributed by atoms with E-state index in [1.807, 2.05) is 26.8 Å². The Kier molecular flexibility index (Phi) is 5.53. The van der Waals surface area contributed by atoms with Gasteiger partial charge in [-0.3, -0.25) is 4.79 Å². The number of amides is 1. The van der Waals surface area contributed by atoms with Gasteiger partial charge in [0.15, 0.2) is 0 Å². The first-order chi connectivity index (χ1) is 9.81. The second-order valence-electron chi connectivity index (χ2n) is 5.78. The maximum Gasteiger partial charge on any atom is 0.329 e. The van der Waals surface area contributed by atoms with Crippen molar-refractivity contribution in [3.05, 3.63) is 24.2 Å². The number of nitrogens with zero attached hydrogens (tertiary/aromatic N) is 2. The molecular weight excluding hydrogens is 272 g/mol. The Hall–Kier alpha value is -2.29. The van der Waals surface area contributed by atoms with Gasteiger partial charge in [0.1, 0.15) is 12.5 Å². The van der Waals surface area contributed by atoms with E-state index in [4.69, 9.17) is 14.4 Å². The molecule has 1 atom stereocenters. The van der Waals surface area contributed by atoms with Crippen LogP contribution >= 0.6 is 0 Å². The number of methoxy groups -OCH3 is 1. The number of hydrogen-bond acceptors (Lipinski definition) is 5. The summed E-state index contributed by atoms with van der Waals surface area (Å²) in [5.41, 5.74) is 0.224. The first-order valence-corrected chi connectivity index (χ1v) is 6.56. The maximum atomic E-state index is 12.2. The number of furan rings is 1. The maximum absolute atomic E-state index is 12.2. The van der Waals surface area contributed by atoms with Crippen LogP contribution in [0.5, 0.6) is 0 Å². The van der Waals surface area contributed by atoms with Gasteiger partial charge in [-0.15, -0.1) is 0 Å². The van der Waals surface area contributed by atoms with Crippen LogP contribution in [0.4, 0.5) is 0 Å². The molecule has 21 heavy (non-hydrogen) atoms. The molecule has 114 valence electrons. The normalized spacial score (nSPS) is 12.3. The molecule has 0 radical (unpaired) electrons. The number of carbonyl (C=O) groups is 2. The molecule has 1 heterocycles. The molecule has 0 saturated heterocycles. The molecule has 0 N–H and O–H groups in total. The molecule has 0 aromatic carbocycles. The fourth-order valence-electron chi connectivity index (χ4n) is 2.13. The van der Waals surface area contributed by atoms with Gasteiger partial charge in [0, 0.05) is 12.1 Å². The minimum Gasteiger partial charge on any atom is -0.472 e. The highest BCUT2D eigenvalue weighted by Crippen LogP contribution is 2.27. The standard InChI is InChI=1S/C15H20N2O4/c1-15(2,3)13(14(19)20-4)17(12(18)5-7-16)9-11-6-8-21-10-11/h6,8,10,13H,5,9H2,1-4H3. The van der Waals surface area contributed by atoms with Crippen LogP contribution in [0, 0.1) is 16.7 Å². The first kappa shape index (κ1) is 16.8. The smallest absolute Gasteiger partial charge is 0.329 e. The summed E-state index contributed by atoms with van der Waals surface area (Å²) in [5, 5.41) is 8.76. The summed E-state index contributed by atoms with van der Waals surface area (Å²) in [6.07, 6.45) is 2.71. The van der Waals surface area contributed by atoms with Crippen molar-refractivity contribution in [2.75, 3.05) is 7.11 Å². The SMILES string of the molecule is COC(=O)C(N(Cc1ccoc1)C(=O)CC#N)C(C)(C)C. The summed E-state index contributed by atoms with van der Waals surface area (Å²) >= 11 is 0. The Morgan fingerprint density at radius 1 is 1.48 bits per heavy atom. The number of hydrogen-bond donors (Lipinski definition) is 0. The van der Waals surface area contributed by atoms with E-state index in [1.165, 1.54) is 24.5 Å². The van der Waals surface area contributed by atoms with Gasteiger partial charge in [0.2, 0.25) is 5.91 Å². The lowest BCUT2D eigenvalue weighted by atomic mass is 9.85. The van der Waals surface area contributed by atoms with Crippen LogP contribution in [-0.4, -0.2) is 29.9 Å². The molecule has 0 aliphatic carbocycles. The van der Waals surface area contributed by atoms with Crippen LogP contribution < -0.4 is 0 Å². The molecule has 6 nitrogen and oxygen atoms in total. The third-order valence-corrected chi connectivity index (χ3v) is 3.04. The lowest BCUT2D eigenvalue weighted by Crippen LogP contribution is -2.52. The van der Waals surface area contributed by atoms with Crippen molar-refractivity contribution in [3.63, 3.8) is 0 Å². The van der Waals surface area contributed by atoms with E-state index >= 15 is 0 Å². The van der Waals surface area contributed by atoms with Gasteiger partial charge in [0.05, 0.1) is 25.7 Å². The van der Waals surface area contributed by atoms with Gasteiger partial charge in [0.25, 0.3) is 0 Å². The Labute approximate surface area is 124 Å². The van der Waals surface area contributed by atoms with Crippen LogP contribution in [-0.2, 0) is 20.9 Å². The minimum absolute atomic E-state index is 0.189. The number of nitriles is 1. The Morgan fingerprint density at radius 2 is 2.14 bits per heavy atom. The average molecular weight is 292 g/mol. The van der Waals surface area contributed by atoms with Crippen molar-refractivity contribution in [3.8, 4) is 6.07 Å². The monoisotopic (exact) mass is 292 g/mol. The average Bonchev–Trinajstić information content (AvgIpc) is 2.89. The van der Waals surface area contributed by atoms with Crippen LogP contribution in [0.1, 0.15) is 32.8 Å². The van der Waals surface area contributed by atoms with Crippen LogP contribution in [0.25, 0.3) is 0 Å². The molecular formula is C15H20N2O4. The molecule has 1 unspecified atom stereocenters. The molecule has 1 aromatic heterocycles. The van der Waals surface area contributed by atoms with Crippen molar-refractivity contribution >= 4 is 11.9 Å². The largest absolute Gasteiger partial charge is 0.472 e. The fraction of sp³-hybridized carbons (Fsp3) is 0.533. The van der Waals surface area contributed by atoms with E-state index in [9.17, 15) is 9.59 Å². The lowest BCUT2D eigenvalue weighted by molar-refractivity contribution is -0.158. The number of carbonyl (C=O) groups excluding carboxylic acids is 2. The molecule has 1 amide bonds. The second-order valence-corrected chi connectivity index (χ2v) is 5.78. The first-order valence-electron chi connectivity index (χ1n) is 6.56. The molecule has 0 fully saturated rings. The van der Waals surface area contributed by atoms with Gasteiger partial charge < -0.3 is 14.1 Å². The fourth-order valence-corrected chi connectivity index (χ4v) is 2.13. The zero-order valence-corrected chi connectivity index (χ0v) is 12.8. The molecule has 0 saturated carbocycles. The van der Waals surface area contributed by atoms with Crippen molar-refractivity contribution in [1.82, 2.24) is 4.90 Å². The molecule has 6 heteroatoms. The second kappa shape index (κ2) is 6.93. The third-order valence-electron chi connectivity index (χ3n) is 3.04. The quantitative estimate of drug-likeness (QED) is 0.776. The van der Waals surface area contributed by atoms with E-state index in [0.29, 0.717) is 0 Å². The van der Waals surface area contributed by atoms with Crippen LogP contribution in [0.2, 0.25) is 0 Å².